The van der Waals surface area contributed by atoms with E-state index in [0.29, 0.717) is 36.5 Å². The lowest BCUT2D eigenvalue weighted by atomic mass is 9.83. The van der Waals surface area contributed by atoms with Crippen molar-refractivity contribution in [1.29, 1.82) is 0 Å². The molecule has 1 aromatic carbocycles. The fraction of sp³-hybridized carbons (Fsp3) is 0.450. The molecule has 7 heteroatoms. The van der Waals surface area contributed by atoms with Gasteiger partial charge in [-0.2, -0.15) is 0 Å². The Labute approximate surface area is 157 Å². The predicted octanol–water partition coefficient (Wildman–Crippen LogP) is 3.08. The van der Waals surface area contributed by atoms with Crippen LogP contribution in [0.2, 0.25) is 0 Å². The Kier molecular flexibility index (Phi) is 5.58. The van der Waals surface area contributed by atoms with E-state index in [1.165, 1.54) is 6.07 Å². The van der Waals surface area contributed by atoms with Crippen LogP contribution in [-0.4, -0.2) is 40.4 Å². The average molecular weight is 373 g/mol. The zero-order valence-electron chi connectivity index (χ0n) is 15.8. The van der Waals surface area contributed by atoms with E-state index in [2.05, 4.69) is 5.16 Å². The normalized spacial score (nSPS) is 20.0. The van der Waals surface area contributed by atoms with Crippen molar-refractivity contribution < 1.29 is 18.5 Å². The summed E-state index contributed by atoms with van der Waals surface area (Å²) < 4.78 is 19.6. The third kappa shape index (κ3) is 3.86. The number of carbonyl (C=O) groups excluding carboxylic acids is 2. The highest BCUT2D eigenvalue weighted by atomic mass is 19.1. The Balaban J connectivity index is 1.89. The third-order valence-corrected chi connectivity index (χ3v) is 5.04. The van der Waals surface area contributed by atoms with Crippen LogP contribution in [0.3, 0.4) is 0 Å². The fourth-order valence-electron chi connectivity index (χ4n) is 3.78. The number of aromatic nitrogens is 1. The largest absolute Gasteiger partial charge is 0.361 e. The molecule has 1 saturated heterocycles. The highest BCUT2D eigenvalue weighted by Crippen LogP contribution is 2.38. The van der Waals surface area contributed by atoms with Crippen molar-refractivity contribution in [2.24, 2.45) is 5.92 Å². The third-order valence-electron chi connectivity index (χ3n) is 5.04. The van der Waals surface area contributed by atoms with Crippen molar-refractivity contribution >= 4 is 11.8 Å². The van der Waals surface area contributed by atoms with Gasteiger partial charge in [-0.15, -0.1) is 0 Å². The van der Waals surface area contributed by atoms with Crippen LogP contribution in [-0.2, 0) is 16.1 Å². The lowest BCUT2D eigenvalue weighted by Gasteiger charge is -2.41. The SMILES string of the molecule is CCN1C(=O)CC[C@@H](C(=O)N(C)Cc2cc(C)on2)[C@@H]1c1ccccc1F. The van der Waals surface area contributed by atoms with Gasteiger partial charge in [-0.25, -0.2) is 4.39 Å². The van der Waals surface area contributed by atoms with Crippen LogP contribution in [0.4, 0.5) is 4.39 Å². The van der Waals surface area contributed by atoms with E-state index in [-0.39, 0.29) is 18.2 Å². The van der Waals surface area contributed by atoms with Gasteiger partial charge in [-0.3, -0.25) is 9.59 Å². The molecule has 2 heterocycles. The highest BCUT2D eigenvalue weighted by Gasteiger charge is 2.42. The Morgan fingerprint density at radius 2 is 2.15 bits per heavy atom. The van der Waals surface area contributed by atoms with Gasteiger partial charge in [0.05, 0.1) is 18.5 Å². The number of hydrogen-bond acceptors (Lipinski definition) is 4. The molecule has 2 atom stereocenters. The minimum Gasteiger partial charge on any atom is -0.361 e. The number of hydrogen-bond donors (Lipinski definition) is 0. The van der Waals surface area contributed by atoms with Crippen LogP contribution in [0.25, 0.3) is 0 Å². The van der Waals surface area contributed by atoms with Crippen molar-refractivity contribution in [3.63, 3.8) is 0 Å². The first-order chi connectivity index (χ1) is 12.9. The molecule has 27 heavy (non-hydrogen) atoms. The number of halogens is 1. The molecule has 1 aliphatic rings. The first-order valence-electron chi connectivity index (χ1n) is 9.13. The van der Waals surface area contributed by atoms with E-state index < -0.39 is 17.8 Å². The summed E-state index contributed by atoms with van der Waals surface area (Å²) in [5.74, 6) is -0.407. The fourth-order valence-corrected chi connectivity index (χ4v) is 3.78. The summed E-state index contributed by atoms with van der Waals surface area (Å²) in [4.78, 5) is 28.8. The second-order valence-corrected chi connectivity index (χ2v) is 6.91. The van der Waals surface area contributed by atoms with Gasteiger partial charge in [-0.05, 0) is 26.3 Å². The molecule has 6 nitrogen and oxygen atoms in total. The number of benzene rings is 1. The lowest BCUT2D eigenvalue weighted by molar-refractivity contribution is -0.147. The molecular formula is C20H24FN3O3. The number of rotatable bonds is 5. The molecule has 3 rings (SSSR count). The van der Waals surface area contributed by atoms with Gasteiger partial charge >= 0.3 is 0 Å². The van der Waals surface area contributed by atoms with Crippen LogP contribution >= 0.6 is 0 Å². The summed E-state index contributed by atoms with van der Waals surface area (Å²) in [6.45, 7) is 4.36. The molecule has 0 bridgehead atoms. The maximum Gasteiger partial charge on any atom is 0.228 e. The van der Waals surface area contributed by atoms with Crippen LogP contribution in [0.5, 0.6) is 0 Å². The number of aryl methyl sites for hydroxylation is 1. The maximum absolute atomic E-state index is 14.5. The molecule has 0 unspecified atom stereocenters. The van der Waals surface area contributed by atoms with Gasteiger partial charge in [-0.1, -0.05) is 23.4 Å². The van der Waals surface area contributed by atoms with E-state index in [1.54, 1.807) is 48.0 Å². The Morgan fingerprint density at radius 1 is 1.41 bits per heavy atom. The smallest absolute Gasteiger partial charge is 0.228 e. The summed E-state index contributed by atoms with van der Waals surface area (Å²) in [6, 6.07) is 7.53. The number of nitrogens with zero attached hydrogens (tertiary/aromatic N) is 3. The van der Waals surface area contributed by atoms with Crippen LogP contribution in [0.1, 0.15) is 42.8 Å². The molecule has 144 valence electrons. The standard InChI is InChI=1S/C20H24FN3O3/c1-4-24-18(25)10-9-16(19(24)15-7-5-6-8-17(15)21)20(26)23(3)12-14-11-13(2)27-22-14/h5-8,11,16,19H,4,9-10,12H2,1-3H3/t16-,19+/m1/s1. The van der Waals surface area contributed by atoms with E-state index in [9.17, 15) is 14.0 Å². The first-order valence-corrected chi connectivity index (χ1v) is 9.13. The van der Waals surface area contributed by atoms with Crippen LogP contribution in [0.15, 0.2) is 34.9 Å². The van der Waals surface area contributed by atoms with Gasteiger partial charge in [0.25, 0.3) is 0 Å². The minimum absolute atomic E-state index is 0.0513. The summed E-state index contributed by atoms with van der Waals surface area (Å²) in [5, 5.41) is 3.92. The monoisotopic (exact) mass is 373 g/mol. The second kappa shape index (κ2) is 7.90. The molecule has 1 fully saturated rings. The summed E-state index contributed by atoms with van der Waals surface area (Å²) in [5.41, 5.74) is 1.04. The zero-order chi connectivity index (χ0) is 19.6. The van der Waals surface area contributed by atoms with Crippen molar-refractivity contribution in [2.75, 3.05) is 13.6 Å². The second-order valence-electron chi connectivity index (χ2n) is 6.91. The van der Waals surface area contributed by atoms with Crippen molar-refractivity contribution in [2.45, 2.75) is 39.3 Å². The Bertz CT molecular complexity index is 835. The van der Waals surface area contributed by atoms with Crippen molar-refractivity contribution in [3.8, 4) is 0 Å². The highest BCUT2D eigenvalue weighted by molar-refractivity contribution is 5.85. The van der Waals surface area contributed by atoms with Crippen LogP contribution < -0.4 is 0 Å². The van der Waals surface area contributed by atoms with E-state index in [0.717, 1.165) is 0 Å². The molecule has 0 N–H and O–H groups in total. The molecular weight excluding hydrogens is 349 g/mol. The van der Waals surface area contributed by atoms with Crippen molar-refractivity contribution in [3.05, 3.63) is 53.2 Å². The topological polar surface area (TPSA) is 66.7 Å². The zero-order valence-corrected chi connectivity index (χ0v) is 15.8. The number of amides is 2. The van der Waals surface area contributed by atoms with Gasteiger partial charge in [0, 0.05) is 31.6 Å². The van der Waals surface area contributed by atoms with Gasteiger partial charge in [0.2, 0.25) is 11.8 Å². The van der Waals surface area contributed by atoms with Crippen molar-refractivity contribution in [1.82, 2.24) is 15.0 Å². The number of likely N-dealkylation sites (tertiary alicyclic amines) is 1. The van der Waals surface area contributed by atoms with Gasteiger partial charge in [0.1, 0.15) is 17.3 Å². The van der Waals surface area contributed by atoms with E-state index >= 15 is 0 Å². The minimum atomic E-state index is -0.605. The summed E-state index contributed by atoms with van der Waals surface area (Å²) in [6.07, 6.45) is 0.682. The maximum atomic E-state index is 14.5. The quantitative estimate of drug-likeness (QED) is 0.808. The summed E-state index contributed by atoms with van der Waals surface area (Å²) >= 11 is 0. The molecule has 1 aliphatic heterocycles. The number of piperidine rings is 1. The molecule has 0 spiro atoms. The first kappa shape index (κ1) is 19.1. The molecule has 2 amide bonds. The molecule has 0 aliphatic carbocycles. The summed E-state index contributed by atoms with van der Waals surface area (Å²) in [7, 11) is 1.69. The van der Waals surface area contributed by atoms with Gasteiger partial charge < -0.3 is 14.3 Å². The van der Waals surface area contributed by atoms with Gasteiger partial charge in [0.15, 0.2) is 0 Å². The number of carbonyl (C=O) groups is 2. The Morgan fingerprint density at radius 3 is 2.78 bits per heavy atom. The predicted molar refractivity (Wildman–Crippen MR) is 97.0 cm³/mol. The molecule has 2 aromatic rings. The average Bonchev–Trinajstić information content (AvgIpc) is 3.06. The Hall–Kier alpha value is -2.70. The molecule has 0 saturated carbocycles. The molecule has 0 radical (unpaired) electrons. The van der Waals surface area contributed by atoms with E-state index in [4.69, 9.17) is 4.52 Å². The molecule has 1 aromatic heterocycles. The lowest BCUT2D eigenvalue weighted by Crippen LogP contribution is -2.48. The van der Waals surface area contributed by atoms with Crippen LogP contribution in [0, 0.1) is 18.7 Å². The van der Waals surface area contributed by atoms with E-state index in [1.807, 2.05) is 6.92 Å².